The molecule has 0 unspecified atom stereocenters. The number of hydrogen-bond donors (Lipinski definition) is 0. The van der Waals surface area contributed by atoms with Crippen LogP contribution in [0, 0.1) is 29.3 Å². The van der Waals surface area contributed by atoms with Gasteiger partial charge in [-0.1, -0.05) is 38.0 Å². The summed E-state index contributed by atoms with van der Waals surface area (Å²) in [6, 6.07) is 10.6. The third kappa shape index (κ3) is 7.44. The first-order valence-electron chi connectivity index (χ1n) is 14.5. The Labute approximate surface area is 245 Å². The molecular formula is C33H32F8O2. The molecule has 0 radical (unpaired) electrons. The zero-order valence-corrected chi connectivity index (χ0v) is 23.5. The topological polar surface area (TPSA) is 18.5 Å². The Morgan fingerprint density at radius 3 is 1.91 bits per heavy atom. The molecule has 0 amide bonds. The Morgan fingerprint density at radius 1 is 0.628 bits per heavy atom. The summed E-state index contributed by atoms with van der Waals surface area (Å²) in [4.78, 5) is 0. The van der Waals surface area contributed by atoms with Gasteiger partial charge in [0, 0.05) is 11.6 Å². The van der Waals surface area contributed by atoms with Crippen LogP contribution in [-0.2, 0) is 0 Å². The van der Waals surface area contributed by atoms with Gasteiger partial charge in [0.25, 0.3) is 0 Å². The van der Waals surface area contributed by atoms with Crippen molar-refractivity contribution in [1.82, 2.24) is 0 Å². The molecule has 2 fully saturated rings. The predicted molar refractivity (Wildman–Crippen MR) is 146 cm³/mol. The maximum atomic E-state index is 15.1. The summed E-state index contributed by atoms with van der Waals surface area (Å²) in [5, 5.41) is 0. The van der Waals surface area contributed by atoms with E-state index >= 15 is 13.2 Å². The molecule has 3 aromatic carbocycles. The van der Waals surface area contributed by atoms with Gasteiger partial charge in [0.1, 0.15) is 17.4 Å². The summed E-state index contributed by atoms with van der Waals surface area (Å²) in [5.74, 6) is -4.52. The fraction of sp³-hybridized carbons (Fsp3) is 0.455. The van der Waals surface area contributed by atoms with Crippen LogP contribution < -0.4 is 9.47 Å². The predicted octanol–water partition coefficient (Wildman–Crippen LogP) is 10.9. The minimum Gasteiger partial charge on any atom is -0.432 e. The quantitative estimate of drug-likeness (QED) is 0.247. The van der Waals surface area contributed by atoms with Crippen LogP contribution in [0.1, 0.15) is 81.3 Å². The van der Waals surface area contributed by atoms with E-state index in [0.717, 1.165) is 55.5 Å². The third-order valence-electron chi connectivity index (χ3n) is 8.82. The van der Waals surface area contributed by atoms with Gasteiger partial charge >= 0.3 is 12.5 Å². The zero-order chi connectivity index (χ0) is 30.9. The van der Waals surface area contributed by atoms with Crippen molar-refractivity contribution >= 4 is 0 Å². The first-order chi connectivity index (χ1) is 20.3. The highest BCUT2D eigenvalue weighted by molar-refractivity contribution is 5.66. The lowest BCUT2D eigenvalue weighted by Crippen LogP contribution is -2.37. The Balaban J connectivity index is 1.20. The molecule has 0 heterocycles. The van der Waals surface area contributed by atoms with Gasteiger partial charge in [0.2, 0.25) is 0 Å². The highest BCUT2D eigenvalue weighted by Gasteiger charge is 2.44. The molecular weight excluding hydrogens is 580 g/mol. The Kier molecular flexibility index (Phi) is 8.95. The monoisotopic (exact) mass is 612 g/mol. The van der Waals surface area contributed by atoms with Crippen LogP contribution in [0.5, 0.6) is 11.5 Å². The summed E-state index contributed by atoms with van der Waals surface area (Å²) in [7, 11) is 0. The number of benzene rings is 3. The van der Waals surface area contributed by atoms with Gasteiger partial charge in [-0.2, -0.15) is 8.78 Å². The Morgan fingerprint density at radius 2 is 1.30 bits per heavy atom. The smallest absolute Gasteiger partial charge is 0.432 e. The van der Waals surface area contributed by atoms with Gasteiger partial charge in [-0.25, -0.2) is 13.2 Å². The second-order valence-corrected chi connectivity index (χ2v) is 11.8. The number of hydrogen-bond acceptors (Lipinski definition) is 2. The van der Waals surface area contributed by atoms with Gasteiger partial charge in [-0.15, -0.1) is 13.2 Å². The van der Waals surface area contributed by atoms with Crippen LogP contribution in [0.2, 0.25) is 0 Å². The molecule has 0 aliphatic heterocycles. The largest absolute Gasteiger partial charge is 0.573 e. The normalized spacial score (nSPS) is 23.2. The van der Waals surface area contributed by atoms with Crippen molar-refractivity contribution in [1.29, 1.82) is 0 Å². The van der Waals surface area contributed by atoms with E-state index in [-0.39, 0.29) is 35.7 Å². The molecule has 232 valence electrons. The van der Waals surface area contributed by atoms with Gasteiger partial charge < -0.3 is 9.47 Å². The molecule has 2 nitrogen and oxygen atoms in total. The van der Waals surface area contributed by atoms with E-state index in [2.05, 4.69) is 11.7 Å². The molecule has 0 bridgehead atoms. The number of rotatable bonds is 7. The van der Waals surface area contributed by atoms with Gasteiger partial charge in [-0.3, -0.25) is 0 Å². The maximum absolute atomic E-state index is 15.1. The summed E-state index contributed by atoms with van der Waals surface area (Å²) >= 11 is 0. The minimum absolute atomic E-state index is 0.0888. The van der Waals surface area contributed by atoms with Crippen LogP contribution in [0.3, 0.4) is 0 Å². The van der Waals surface area contributed by atoms with Crippen molar-refractivity contribution in [2.45, 2.75) is 82.6 Å². The highest BCUT2D eigenvalue weighted by Crippen LogP contribution is 2.45. The van der Waals surface area contributed by atoms with Gasteiger partial charge in [0.15, 0.2) is 11.6 Å². The number of ether oxygens (including phenoxy) is 2. The average Bonchev–Trinajstić information content (AvgIpc) is 2.94. The molecule has 10 heteroatoms. The molecule has 2 aliphatic rings. The van der Waals surface area contributed by atoms with E-state index < -0.39 is 41.5 Å². The van der Waals surface area contributed by atoms with Crippen molar-refractivity contribution in [3.05, 3.63) is 83.2 Å². The first-order valence-corrected chi connectivity index (χ1v) is 14.5. The van der Waals surface area contributed by atoms with E-state index in [9.17, 15) is 22.0 Å². The summed E-state index contributed by atoms with van der Waals surface area (Å²) in [6.07, 6.45) is -3.50. The summed E-state index contributed by atoms with van der Waals surface area (Å²) in [5.41, 5.74) is 1.20. The van der Waals surface area contributed by atoms with E-state index in [4.69, 9.17) is 4.74 Å². The van der Waals surface area contributed by atoms with E-state index in [0.29, 0.717) is 42.4 Å². The van der Waals surface area contributed by atoms with E-state index in [1.165, 1.54) is 0 Å². The number of halogens is 8. The molecule has 0 aromatic heterocycles. The highest BCUT2D eigenvalue weighted by atomic mass is 19.4. The standard InChI is InChI=1S/C33H32F8O2/c1-19-2-4-20(5-3-19)22-8-13-26(28(34)16-22)21-6-10-24(11-7-21)32(37,38)42-25-12-14-27(29(35)18-25)23-9-15-31(30(36)17-23)43-33(39,40)41/h8-9,12-21,24H,2-7,10-11H2,1H3. The van der Waals surface area contributed by atoms with Gasteiger partial charge in [-0.05, 0) is 103 Å². The Hall–Kier alpha value is -3.30. The fourth-order valence-corrected chi connectivity index (χ4v) is 6.37. The van der Waals surface area contributed by atoms with E-state index in [1.54, 1.807) is 12.1 Å². The lowest BCUT2D eigenvalue weighted by molar-refractivity contribution is -0.275. The molecule has 2 saturated carbocycles. The number of alkyl halides is 5. The molecule has 5 rings (SSSR count). The average molecular weight is 613 g/mol. The van der Waals surface area contributed by atoms with Crippen LogP contribution in [0.25, 0.3) is 11.1 Å². The molecule has 0 atom stereocenters. The van der Waals surface area contributed by atoms with Crippen LogP contribution >= 0.6 is 0 Å². The second kappa shape index (κ2) is 12.4. The van der Waals surface area contributed by atoms with Crippen molar-refractivity contribution in [3.63, 3.8) is 0 Å². The molecule has 0 N–H and O–H groups in total. The molecule has 0 saturated heterocycles. The van der Waals surface area contributed by atoms with Crippen LogP contribution in [0.15, 0.2) is 54.6 Å². The van der Waals surface area contributed by atoms with Gasteiger partial charge in [0.05, 0.1) is 5.92 Å². The molecule has 43 heavy (non-hydrogen) atoms. The molecule has 3 aromatic rings. The summed E-state index contributed by atoms with van der Waals surface area (Å²) < 4.78 is 120. The lowest BCUT2D eigenvalue weighted by atomic mass is 9.76. The van der Waals surface area contributed by atoms with Crippen molar-refractivity contribution in [3.8, 4) is 22.6 Å². The summed E-state index contributed by atoms with van der Waals surface area (Å²) in [6.45, 7) is 2.23. The SMILES string of the molecule is CC1CCC(c2ccc(C3CCC(C(F)(F)Oc4ccc(-c5ccc(OC(F)(F)F)c(F)c5)c(F)c4)CC3)c(F)c2)CC1. The Bertz CT molecular complexity index is 1420. The second-order valence-electron chi connectivity index (χ2n) is 11.8. The lowest BCUT2D eigenvalue weighted by Gasteiger charge is -2.34. The molecule has 0 spiro atoms. The first kappa shape index (κ1) is 31.1. The van der Waals surface area contributed by atoms with Crippen LogP contribution in [-0.4, -0.2) is 12.5 Å². The van der Waals surface area contributed by atoms with Crippen LogP contribution in [0.4, 0.5) is 35.1 Å². The van der Waals surface area contributed by atoms with Crippen molar-refractivity contribution < 1.29 is 44.6 Å². The van der Waals surface area contributed by atoms with E-state index in [1.807, 2.05) is 6.07 Å². The zero-order valence-electron chi connectivity index (χ0n) is 23.5. The van der Waals surface area contributed by atoms with Crippen molar-refractivity contribution in [2.24, 2.45) is 11.8 Å². The van der Waals surface area contributed by atoms with Crippen molar-refractivity contribution in [2.75, 3.05) is 0 Å². The maximum Gasteiger partial charge on any atom is 0.573 e. The minimum atomic E-state index is -5.11. The third-order valence-corrected chi connectivity index (χ3v) is 8.82. The fourth-order valence-electron chi connectivity index (χ4n) is 6.37. The molecule has 2 aliphatic carbocycles.